The van der Waals surface area contributed by atoms with Gasteiger partial charge in [-0.2, -0.15) is 0 Å². The number of rotatable bonds is 5. The van der Waals surface area contributed by atoms with Crippen LogP contribution in [0.25, 0.3) is 10.8 Å². The first-order valence-electron chi connectivity index (χ1n) is 10.6. The van der Waals surface area contributed by atoms with Crippen LogP contribution in [0.15, 0.2) is 52.5 Å². The molecule has 170 valence electrons. The van der Waals surface area contributed by atoms with E-state index in [0.717, 1.165) is 32.0 Å². The number of fused-ring (bicyclic) bond motifs is 1. The Bertz CT molecular complexity index is 1320. The van der Waals surface area contributed by atoms with Crippen molar-refractivity contribution in [2.24, 2.45) is 12.0 Å². The van der Waals surface area contributed by atoms with Gasteiger partial charge in [0.15, 0.2) is 14.6 Å². The fourth-order valence-electron chi connectivity index (χ4n) is 3.97. The first-order chi connectivity index (χ1) is 15.2. The number of carbonyl (C=O) groups excluding carboxylic acids is 1. The van der Waals surface area contributed by atoms with Crippen molar-refractivity contribution in [3.05, 3.63) is 55.8 Å². The first kappa shape index (κ1) is 23.4. The summed E-state index contributed by atoms with van der Waals surface area (Å²) in [6, 6.07) is 11.3. The van der Waals surface area contributed by atoms with Crippen LogP contribution in [0.5, 0.6) is 0 Å². The molecule has 0 unspecified atom stereocenters. The van der Waals surface area contributed by atoms with Gasteiger partial charge in [-0.25, -0.2) is 8.42 Å². The van der Waals surface area contributed by atoms with Crippen molar-refractivity contribution in [3.8, 4) is 0 Å². The van der Waals surface area contributed by atoms with E-state index < -0.39 is 9.84 Å². The molecule has 2 heterocycles. The maximum Gasteiger partial charge on any atom is 0.223 e. The molecule has 1 aliphatic heterocycles. The second kappa shape index (κ2) is 9.64. The molecule has 1 amide bonds. The lowest BCUT2D eigenvalue weighted by Gasteiger charge is -2.30. The van der Waals surface area contributed by atoms with Gasteiger partial charge in [0.05, 0.1) is 16.7 Å². The molecule has 0 N–H and O–H groups in total. The van der Waals surface area contributed by atoms with Crippen LogP contribution in [0.1, 0.15) is 24.1 Å². The zero-order chi connectivity index (χ0) is 22.9. The van der Waals surface area contributed by atoms with Crippen LogP contribution in [-0.4, -0.2) is 48.7 Å². The molecule has 9 heteroatoms. The molecule has 1 aliphatic rings. The molecule has 0 spiro atoms. The molecule has 0 aliphatic carbocycles. The van der Waals surface area contributed by atoms with E-state index in [2.05, 4.69) is 35.7 Å². The second-order valence-corrected chi connectivity index (χ2v) is 12.8. The highest BCUT2D eigenvalue weighted by Gasteiger charge is 2.24. The minimum Gasteiger partial charge on any atom is -0.343 e. The van der Waals surface area contributed by atoms with E-state index in [1.54, 1.807) is 28.4 Å². The SMILES string of the molecule is Cc1cn(C)c(=NC2CCN(C(=O)CCS(=O)(=O)c3ccc4cc(I)ccc4c3)CC2)s1. The average molecular weight is 584 g/mol. The van der Waals surface area contributed by atoms with Crippen LogP contribution >= 0.6 is 33.9 Å². The number of sulfone groups is 1. The summed E-state index contributed by atoms with van der Waals surface area (Å²) in [6.45, 7) is 3.31. The highest BCUT2D eigenvalue weighted by atomic mass is 127. The Morgan fingerprint density at radius 1 is 1.16 bits per heavy atom. The van der Waals surface area contributed by atoms with E-state index in [1.807, 2.05) is 35.9 Å². The molecule has 6 nitrogen and oxygen atoms in total. The number of benzene rings is 2. The summed E-state index contributed by atoms with van der Waals surface area (Å²) >= 11 is 3.91. The van der Waals surface area contributed by atoms with E-state index in [4.69, 9.17) is 4.99 Å². The maximum absolute atomic E-state index is 12.8. The van der Waals surface area contributed by atoms with Crippen molar-refractivity contribution < 1.29 is 13.2 Å². The average Bonchev–Trinajstić information content (AvgIpc) is 3.08. The minimum absolute atomic E-state index is 0.00788. The fraction of sp³-hybridized carbons (Fsp3) is 0.391. The van der Waals surface area contributed by atoms with Crippen molar-refractivity contribution in [1.29, 1.82) is 0 Å². The fourth-order valence-corrected chi connectivity index (χ4v) is 6.65. The second-order valence-electron chi connectivity index (χ2n) is 8.20. The number of hydrogen-bond donors (Lipinski definition) is 0. The molecule has 0 radical (unpaired) electrons. The van der Waals surface area contributed by atoms with Crippen LogP contribution < -0.4 is 4.80 Å². The molecule has 0 atom stereocenters. The number of hydrogen-bond acceptors (Lipinski definition) is 5. The summed E-state index contributed by atoms with van der Waals surface area (Å²) in [7, 11) is -1.52. The van der Waals surface area contributed by atoms with Gasteiger partial charge in [-0.05, 0) is 77.4 Å². The summed E-state index contributed by atoms with van der Waals surface area (Å²) in [6.07, 6.45) is 3.69. The van der Waals surface area contributed by atoms with E-state index >= 15 is 0 Å². The lowest BCUT2D eigenvalue weighted by atomic mass is 10.1. The summed E-state index contributed by atoms with van der Waals surface area (Å²) in [5.41, 5.74) is 0. The number of nitrogens with zero attached hydrogens (tertiary/aromatic N) is 3. The molecule has 32 heavy (non-hydrogen) atoms. The van der Waals surface area contributed by atoms with Crippen LogP contribution in [0.3, 0.4) is 0 Å². The molecule has 1 saturated heterocycles. The predicted molar refractivity (Wildman–Crippen MR) is 137 cm³/mol. The number of halogens is 1. The number of aryl methyl sites for hydroxylation is 2. The molecule has 0 saturated carbocycles. The molecule has 1 aromatic heterocycles. The smallest absolute Gasteiger partial charge is 0.223 e. The number of thiazole rings is 1. The molecule has 4 rings (SSSR count). The van der Waals surface area contributed by atoms with Gasteiger partial charge in [0.2, 0.25) is 5.91 Å². The summed E-state index contributed by atoms with van der Waals surface area (Å²) in [4.78, 5) is 21.8. The minimum atomic E-state index is -3.52. The third-order valence-electron chi connectivity index (χ3n) is 5.76. The normalized spacial score (nSPS) is 16.1. The van der Waals surface area contributed by atoms with Crippen LogP contribution in [0.2, 0.25) is 0 Å². The van der Waals surface area contributed by atoms with Crippen LogP contribution in [-0.2, 0) is 21.7 Å². The van der Waals surface area contributed by atoms with E-state index in [0.29, 0.717) is 13.1 Å². The van der Waals surface area contributed by atoms with Crippen molar-refractivity contribution in [3.63, 3.8) is 0 Å². The lowest BCUT2D eigenvalue weighted by molar-refractivity contribution is -0.131. The Hall–Kier alpha value is -1.72. The summed E-state index contributed by atoms with van der Waals surface area (Å²) in [5.74, 6) is -0.268. The van der Waals surface area contributed by atoms with E-state index in [9.17, 15) is 13.2 Å². The molecular formula is C23H26IN3O3S2. The van der Waals surface area contributed by atoms with Crippen molar-refractivity contribution in [2.75, 3.05) is 18.8 Å². The first-order valence-corrected chi connectivity index (χ1v) is 14.1. The Labute approximate surface area is 206 Å². The Morgan fingerprint density at radius 2 is 1.84 bits per heavy atom. The van der Waals surface area contributed by atoms with Crippen molar-refractivity contribution >= 4 is 60.4 Å². The van der Waals surface area contributed by atoms with Crippen molar-refractivity contribution in [1.82, 2.24) is 9.47 Å². The van der Waals surface area contributed by atoms with Gasteiger partial charge >= 0.3 is 0 Å². The zero-order valence-electron chi connectivity index (χ0n) is 18.1. The molecule has 1 fully saturated rings. The summed E-state index contributed by atoms with van der Waals surface area (Å²) < 4.78 is 28.8. The lowest BCUT2D eigenvalue weighted by Crippen LogP contribution is -2.40. The van der Waals surface area contributed by atoms with E-state index in [1.165, 1.54) is 4.88 Å². The number of amides is 1. The predicted octanol–water partition coefficient (Wildman–Crippen LogP) is 3.91. The van der Waals surface area contributed by atoms with Gasteiger partial charge < -0.3 is 9.47 Å². The van der Waals surface area contributed by atoms with Gasteiger partial charge in [0.25, 0.3) is 0 Å². The molecule has 2 aromatic carbocycles. The summed E-state index contributed by atoms with van der Waals surface area (Å²) in [5, 5.41) is 1.89. The molecular weight excluding hydrogens is 557 g/mol. The maximum atomic E-state index is 12.8. The third kappa shape index (κ3) is 5.43. The third-order valence-corrected chi connectivity index (χ3v) is 9.15. The topological polar surface area (TPSA) is 71.7 Å². The molecule has 3 aromatic rings. The molecule has 0 bridgehead atoms. The van der Waals surface area contributed by atoms with Gasteiger partial charge in [0, 0.05) is 41.2 Å². The Morgan fingerprint density at radius 3 is 2.53 bits per heavy atom. The zero-order valence-corrected chi connectivity index (χ0v) is 21.9. The van der Waals surface area contributed by atoms with Gasteiger partial charge in [-0.3, -0.25) is 9.79 Å². The highest BCUT2D eigenvalue weighted by Crippen LogP contribution is 2.23. The number of likely N-dealkylation sites (tertiary alicyclic amines) is 1. The van der Waals surface area contributed by atoms with Crippen LogP contribution in [0, 0.1) is 10.5 Å². The standard InChI is InChI=1S/C23H26IN3O3S2/c1-16-15-26(2)23(31-16)25-20-7-10-27(11-8-20)22(28)9-12-32(29,30)21-6-4-17-13-19(24)5-3-18(17)14-21/h3-6,13-15,20H,7-12H2,1-2H3. The van der Waals surface area contributed by atoms with Crippen molar-refractivity contribution in [2.45, 2.75) is 37.1 Å². The highest BCUT2D eigenvalue weighted by molar-refractivity contribution is 14.1. The van der Waals surface area contributed by atoms with E-state index in [-0.39, 0.29) is 29.0 Å². The quantitative estimate of drug-likeness (QED) is 0.428. The number of aromatic nitrogens is 1. The van der Waals surface area contributed by atoms with Gasteiger partial charge in [-0.15, -0.1) is 11.3 Å². The largest absolute Gasteiger partial charge is 0.343 e. The van der Waals surface area contributed by atoms with Gasteiger partial charge in [-0.1, -0.05) is 12.1 Å². The van der Waals surface area contributed by atoms with Gasteiger partial charge in [0.1, 0.15) is 0 Å². The Kier molecular flexibility index (Phi) is 7.06. The van der Waals surface area contributed by atoms with Crippen LogP contribution in [0.4, 0.5) is 0 Å². The number of carbonyl (C=O) groups is 1. The number of piperidine rings is 1. The Balaban J connectivity index is 1.35. The monoisotopic (exact) mass is 583 g/mol.